The number of fused-ring (bicyclic) bond motifs is 3. The molecule has 0 aliphatic rings. The molecule has 0 spiro atoms. The molecule has 5 heteroatoms. The van der Waals surface area contributed by atoms with Gasteiger partial charge < -0.3 is 4.74 Å². The van der Waals surface area contributed by atoms with Gasteiger partial charge in [0.15, 0.2) is 0 Å². The number of rotatable bonds is 8. The van der Waals surface area contributed by atoms with Gasteiger partial charge in [0.25, 0.3) is 6.33 Å². The van der Waals surface area contributed by atoms with E-state index < -0.39 is 0 Å². The lowest BCUT2D eigenvalue weighted by atomic mass is 9.81. The lowest BCUT2D eigenvalue weighted by molar-refractivity contribution is -0.611. The molecule has 0 saturated heterocycles. The Hall–Kier alpha value is -7.50. The van der Waals surface area contributed by atoms with E-state index in [0.29, 0.717) is 0 Å². The summed E-state index contributed by atoms with van der Waals surface area (Å²) in [6.07, 6.45) is 5.90. The van der Waals surface area contributed by atoms with Gasteiger partial charge in [-0.2, -0.15) is 0 Å². The van der Waals surface area contributed by atoms with Gasteiger partial charge >= 0.3 is 0 Å². The number of aromatic nitrogens is 4. The third kappa shape index (κ3) is 8.47. The first-order chi connectivity index (χ1) is 32.1. The SMILES string of the molecule is CC(C)(C)c1ccnc(-n2c3ccccc3c3ccc(Oc4cc(-c5ccccc5)cc(-n5[c-][n+](-c6cc(-c7ccccc7)cc(-c7ccccc7)c6)c(C(C)(C)C)c5C(C)(C)C)c4)cc32)c1. The Morgan fingerprint density at radius 1 is 0.463 bits per heavy atom. The molecule has 10 aromatic rings. The van der Waals surface area contributed by atoms with Crippen molar-refractivity contribution in [3.63, 3.8) is 0 Å². The van der Waals surface area contributed by atoms with Crippen molar-refractivity contribution in [3.8, 4) is 62.1 Å². The van der Waals surface area contributed by atoms with Gasteiger partial charge in [-0.05, 0) is 122 Å². The molecule has 10 rings (SSSR count). The van der Waals surface area contributed by atoms with Crippen LogP contribution in [0, 0.1) is 6.33 Å². The van der Waals surface area contributed by atoms with E-state index in [4.69, 9.17) is 9.72 Å². The van der Waals surface area contributed by atoms with E-state index in [0.717, 1.165) is 67.4 Å². The van der Waals surface area contributed by atoms with Gasteiger partial charge in [-0.25, -0.2) is 4.98 Å². The molecule has 332 valence electrons. The number of hydrogen-bond acceptors (Lipinski definition) is 2. The highest BCUT2D eigenvalue weighted by Gasteiger charge is 2.34. The fourth-order valence-electron chi connectivity index (χ4n) is 9.47. The van der Waals surface area contributed by atoms with Gasteiger partial charge in [0.1, 0.15) is 17.3 Å². The number of benzene rings is 7. The Morgan fingerprint density at radius 2 is 1.03 bits per heavy atom. The maximum absolute atomic E-state index is 7.05. The monoisotopic (exact) mass is 874 g/mol. The molecule has 0 radical (unpaired) electrons. The zero-order chi connectivity index (χ0) is 46.7. The summed E-state index contributed by atoms with van der Waals surface area (Å²) in [5.74, 6) is 2.36. The molecule has 0 fully saturated rings. The number of ether oxygens (including phenoxy) is 1. The lowest BCUT2D eigenvalue weighted by Gasteiger charge is -2.30. The van der Waals surface area contributed by atoms with Crippen LogP contribution in [0.15, 0.2) is 188 Å². The number of nitrogens with zero attached hydrogens (tertiary/aromatic N) is 4. The summed E-state index contributed by atoms with van der Waals surface area (Å²) in [6.45, 7) is 20.6. The highest BCUT2D eigenvalue weighted by Crippen LogP contribution is 2.40. The molecular formula is C62H58N4O. The molecule has 3 aromatic heterocycles. The van der Waals surface area contributed by atoms with Gasteiger partial charge in [-0.1, -0.05) is 172 Å². The first kappa shape index (κ1) is 43.4. The smallest absolute Gasteiger partial charge is 0.269 e. The minimum Gasteiger partial charge on any atom is -0.458 e. The third-order valence-electron chi connectivity index (χ3n) is 12.7. The molecule has 3 heterocycles. The fraction of sp³-hybridized carbons (Fsp3) is 0.194. The molecule has 5 nitrogen and oxygen atoms in total. The van der Waals surface area contributed by atoms with Crippen molar-refractivity contribution in [2.24, 2.45) is 0 Å². The number of pyridine rings is 1. The van der Waals surface area contributed by atoms with Crippen LogP contribution in [0.5, 0.6) is 11.5 Å². The normalized spacial score (nSPS) is 12.3. The van der Waals surface area contributed by atoms with E-state index in [1.54, 1.807) is 0 Å². The summed E-state index contributed by atoms with van der Waals surface area (Å²) in [7, 11) is 0. The van der Waals surface area contributed by atoms with Gasteiger partial charge in [0.05, 0.1) is 33.8 Å². The second-order valence-corrected chi connectivity index (χ2v) is 20.8. The summed E-state index contributed by atoms with van der Waals surface area (Å²) in [4.78, 5) is 4.93. The molecule has 0 amide bonds. The Balaban J connectivity index is 1.17. The predicted octanol–water partition coefficient (Wildman–Crippen LogP) is 15.7. The van der Waals surface area contributed by atoms with Crippen molar-refractivity contribution >= 4 is 21.8 Å². The zero-order valence-corrected chi connectivity index (χ0v) is 40.1. The van der Waals surface area contributed by atoms with E-state index in [1.165, 1.54) is 33.5 Å². The highest BCUT2D eigenvalue weighted by atomic mass is 16.5. The molecular weight excluding hydrogens is 817 g/mol. The van der Waals surface area contributed by atoms with Gasteiger partial charge in [0.2, 0.25) is 0 Å². The summed E-state index contributed by atoms with van der Waals surface area (Å²) in [6, 6.07) is 64.8. The molecule has 0 bridgehead atoms. The van der Waals surface area contributed by atoms with Crippen LogP contribution in [0.25, 0.3) is 72.4 Å². The quantitative estimate of drug-likeness (QED) is 0.113. The Kier molecular flexibility index (Phi) is 10.8. The standard InChI is InChI=1S/C62H58N4O/c1-60(2,3)48-31-32-63-57(38-48)66-55-28-20-19-27-53(55)54-30-29-51(40-56(54)66)67-52-37-47(44-25-17-12-18-26-44)36-50(39-52)65-41-64(58(61(4,5)6)59(65)62(7,8)9)49-34-45(42-21-13-10-14-22-42)33-46(35-49)43-23-15-11-16-24-43/h10-40H,1-9H3. The summed E-state index contributed by atoms with van der Waals surface area (Å²) in [5, 5.41) is 2.32. The first-order valence-electron chi connectivity index (χ1n) is 23.4. The topological polar surface area (TPSA) is 35.9 Å². The predicted molar refractivity (Wildman–Crippen MR) is 277 cm³/mol. The highest BCUT2D eigenvalue weighted by molar-refractivity contribution is 6.09. The van der Waals surface area contributed by atoms with Crippen molar-refractivity contribution in [2.45, 2.75) is 78.6 Å². The summed E-state index contributed by atoms with van der Waals surface area (Å²) >= 11 is 0. The van der Waals surface area contributed by atoms with Crippen LogP contribution in [-0.4, -0.2) is 14.1 Å². The van der Waals surface area contributed by atoms with Crippen molar-refractivity contribution in [1.29, 1.82) is 0 Å². The van der Waals surface area contributed by atoms with Crippen LogP contribution < -0.4 is 9.30 Å². The largest absolute Gasteiger partial charge is 0.458 e. The maximum Gasteiger partial charge on any atom is 0.269 e. The second kappa shape index (κ2) is 16.7. The Labute approximate surface area is 395 Å². The van der Waals surface area contributed by atoms with E-state index in [2.05, 4.69) is 264 Å². The minimum atomic E-state index is -0.274. The summed E-state index contributed by atoms with van der Waals surface area (Å²) < 4.78 is 13.9. The maximum atomic E-state index is 7.05. The molecule has 0 saturated carbocycles. The molecule has 67 heavy (non-hydrogen) atoms. The molecule has 0 atom stereocenters. The number of hydrogen-bond donors (Lipinski definition) is 0. The van der Waals surface area contributed by atoms with Gasteiger partial charge in [-0.15, -0.1) is 0 Å². The van der Waals surface area contributed by atoms with E-state index in [-0.39, 0.29) is 16.2 Å². The Bertz CT molecular complexity index is 3360. The number of imidazole rings is 1. The van der Waals surface area contributed by atoms with E-state index >= 15 is 0 Å². The van der Waals surface area contributed by atoms with Crippen LogP contribution in [0.3, 0.4) is 0 Å². The summed E-state index contributed by atoms with van der Waals surface area (Å²) in [5.41, 5.74) is 14.0. The Morgan fingerprint density at radius 3 is 1.61 bits per heavy atom. The average Bonchev–Trinajstić information content (AvgIpc) is 3.90. The first-order valence-corrected chi connectivity index (χ1v) is 23.4. The van der Waals surface area contributed by atoms with Crippen LogP contribution in [-0.2, 0) is 16.2 Å². The molecule has 0 aliphatic carbocycles. The van der Waals surface area contributed by atoms with Crippen LogP contribution in [0.4, 0.5) is 0 Å². The van der Waals surface area contributed by atoms with E-state index in [9.17, 15) is 0 Å². The molecule has 0 N–H and O–H groups in total. The minimum absolute atomic E-state index is 0.0274. The van der Waals surface area contributed by atoms with Crippen molar-refractivity contribution in [1.82, 2.24) is 14.1 Å². The van der Waals surface area contributed by atoms with Crippen molar-refractivity contribution in [3.05, 3.63) is 211 Å². The molecule has 0 unspecified atom stereocenters. The van der Waals surface area contributed by atoms with Crippen LogP contribution in [0.2, 0.25) is 0 Å². The fourth-order valence-corrected chi connectivity index (χ4v) is 9.47. The van der Waals surface area contributed by atoms with Gasteiger partial charge in [-0.3, -0.25) is 13.7 Å². The van der Waals surface area contributed by atoms with E-state index in [1.807, 2.05) is 6.20 Å². The van der Waals surface area contributed by atoms with Crippen LogP contribution in [0.1, 0.15) is 79.3 Å². The molecule has 0 aliphatic heterocycles. The molecule has 7 aromatic carbocycles. The lowest BCUT2D eigenvalue weighted by Crippen LogP contribution is -2.40. The number of para-hydroxylation sites is 1. The van der Waals surface area contributed by atoms with Crippen molar-refractivity contribution < 1.29 is 9.30 Å². The second-order valence-electron chi connectivity index (χ2n) is 20.8. The van der Waals surface area contributed by atoms with Crippen LogP contribution >= 0.6 is 0 Å². The zero-order valence-electron chi connectivity index (χ0n) is 40.1. The van der Waals surface area contributed by atoms with Gasteiger partial charge in [0, 0.05) is 23.0 Å². The third-order valence-corrected chi connectivity index (χ3v) is 12.7. The average molecular weight is 875 g/mol. The van der Waals surface area contributed by atoms with Crippen molar-refractivity contribution in [2.75, 3.05) is 0 Å².